The Morgan fingerprint density at radius 2 is 1.86 bits per heavy atom. The van der Waals surface area contributed by atoms with Crippen LogP contribution in [0.15, 0.2) is 48.5 Å². The Morgan fingerprint density at radius 1 is 1.10 bits per heavy atom. The fourth-order valence-electron chi connectivity index (χ4n) is 3.59. The topological polar surface area (TPSA) is 50.4 Å². The quantitative estimate of drug-likeness (QED) is 0.671. The zero-order valence-electron chi connectivity index (χ0n) is 15.9. The van der Waals surface area contributed by atoms with Gasteiger partial charge in [0.05, 0.1) is 17.1 Å². The number of imidazole rings is 1. The summed E-state index contributed by atoms with van der Waals surface area (Å²) in [4.78, 5) is 10.1. The van der Waals surface area contributed by atoms with Gasteiger partial charge in [0.15, 0.2) is 0 Å². The molecule has 154 valence electrons. The molecule has 1 aromatic heterocycles. The summed E-state index contributed by atoms with van der Waals surface area (Å²) < 4.78 is 48.5. The Balaban J connectivity index is 1.67. The number of likely N-dealkylation sites (tertiary alicyclic amines) is 1. The number of halogens is 3. The number of para-hydroxylation sites is 2. The van der Waals surface area contributed by atoms with Crippen molar-refractivity contribution in [2.24, 2.45) is 0 Å². The molecule has 0 spiro atoms. The molecule has 2 heterocycles. The standard InChI is InChI=1S/C21H22F3N3O2/c1-27-11-9-15(10-12-27)28-19(20-25-17-7-2-3-8-18(17)26-20)14-5-4-6-16(13-14)29-21(22,23)24/h2-8,13,15,19H,9-12H2,1H3,(H,25,26). The van der Waals surface area contributed by atoms with Crippen LogP contribution in [0.25, 0.3) is 11.0 Å². The highest BCUT2D eigenvalue weighted by atomic mass is 19.4. The van der Waals surface area contributed by atoms with Gasteiger partial charge < -0.3 is 19.4 Å². The molecule has 0 saturated carbocycles. The number of benzene rings is 2. The lowest BCUT2D eigenvalue weighted by Gasteiger charge is -2.31. The Kier molecular flexibility index (Phi) is 5.47. The van der Waals surface area contributed by atoms with E-state index in [1.807, 2.05) is 24.3 Å². The van der Waals surface area contributed by atoms with Crippen LogP contribution in [0.5, 0.6) is 5.75 Å². The number of nitrogens with zero attached hydrogens (tertiary/aromatic N) is 2. The predicted octanol–water partition coefficient (Wildman–Crippen LogP) is 4.66. The highest BCUT2D eigenvalue weighted by Crippen LogP contribution is 2.32. The van der Waals surface area contributed by atoms with E-state index in [-0.39, 0.29) is 11.9 Å². The fourth-order valence-corrected chi connectivity index (χ4v) is 3.59. The second kappa shape index (κ2) is 8.04. The van der Waals surface area contributed by atoms with Crippen molar-refractivity contribution in [3.8, 4) is 5.75 Å². The van der Waals surface area contributed by atoms with Crippen LogP contribution in [0.1, 0.15) is 30.3 Å². The Hall–Kier alpha value is -2.58. The minimum absolute atomic E-state index is 0.00315. The van der Waals surface area contributed by atoms with Crippen LogP contribution in [-0.4, -0.2) is 47.5 Å². The van der Waals surface area contributed by atoms with Gasteiger partial charge in [0, 0.05) is 13.1 Å². The number of hydrogen-bond acceptors (Lipinski definition) is 4. The van der Waals surface area contributed by atoms with Crippen molar-refractivity contribution in [1.82, 2.24) is 14.9 Å². The average molecular weight is 405 g/mol. The molecule has 1 saturated heterocycles. The molecule has 8 heteroatoms. The van der Waals surface area contributed by atoms with Crippen LogP contribution >= 0.6 is 0 Å². The maximum absolute atomic E-state index is 12.7. The lowest BCUT2D eigenvalue weighted by molar-refractivity contribution is -0.274. The first-order chi connectivity index (χ1) is 13.9. The SMILES string of the molecule is CN1CCC(OC(c2cccc(OC(F)(F)F)c2)c2nc3ccccc3[nH]2)CC1. The molecule has 2 aromatic carbocycles. The number of ether oxygens (including phenoxy) is 2. The minimum Gasteiger partial charge on any atom is -0.406 e. The van der Waals surface area contributed by atoms with Crippen molar-refractivity contribution in [1.29, 1.82) is 0 Å². The van der Waals surface area contributed by atoms with E-state index in [9.17, 15) is 13.2 Å². The third-order valence-corrected chi connectivity index (χ3v) is 5.04. The zero-order chi connectivity index (χ0) is 20.4. The van der Waals surface area contributed by atoms with Gasteiger partial charge in [-0.25, -0.2) is 4.98 Å². The molecule has 1 N–H and O–H groups in total. The molecular formula is C21H22F3N3O2. The molecule has 4 rings (SSSR count). The van der Waals surface area contributed by atoms with Gasteiger partial charge in [-0.3, -0.25) is 0 Å². The van der Waals surface area contributed by atoms with Crippen molar-refractivity contribution >= 4 is 11.0 Å². The van der Waals surface area contributed by atoms with E-state index in [0.717, 1.165) is 37.0 Å². The van der Waals surface area contributed by atoms with Gasteiger partial charge in [0.1, 0.15) is 17.7 Å². The van der Waals surface area contributed by atoms with Gasteiger partial charge >= 0.3 is 6.36 Å². The van der Waals surface area contributed by atoms with Crippen molar-refractivity contribution in [3.05, 3.63) is 59.9 Å². The fraction of sp³-hybridized carbons (Fsp3) is 0.381. The Bertz CT molecular complexity index is 932. The largest absolute Gasteiger partial charge is 0.573 e. The number of aromatic nitrogens is 2. The lowest BCUT2D eigenvalue weighted by atomic mass is 10.1. The summed E-state index contributed by atoms with van der Waals surface area (Å²) in [6.07, 6.45) is -3.66. The molecular weight excluding hydrogens is 383 g/mol. The maximum Gasteiger partial charge on any atom is 0.573 e. The summed E-state index contributed by atoms with van der Waals surface area (Å²) in [5, 5.41) is 0. The second-order valence-electron chi connectivity index (χ2n) is 7.28. The number of piperidine rings is 1. The molecule has 5 nitrogen and oxygen atoms in total. The predicted molar refractivity (Wildman–Crippen MR) is 103 cm³/mol. The average Bonchev–Trinajstić information content (AvgIpc) is 3.10. The number of nitrogens with one attached hydrogen (secondary N) is 1. The van der Waals surface area contributed by atoms with Gasteiger partial charge in [-0.05, 0) is 49.7 Å². The molecule has 3 aromatic rings. The molecule has 0 aliphatic carbocycles. The normalized spacial score (nSPS) is 17.5. The van der Waals surface area contributed by atoms with Crippen LogP contribution in [-0.2, 0) is 4.74 Å². The van der Waals surface area contributed by atoms with E-state index in [4.69, 9.17) is 4.74 Å². The number of hydrogen-bond donors (Lipinski definition) is 1. The molecule has 0 radical (unpaired) electrons. The van der Waals surface area contributed by atoms with E-state index in [1.54, 1.807) is 6.07 Å². The Labute approximate surface area is 166 Å². The molecule has 0 bridgehead atoms. The first-order valence-corrected chi connectivity index (χ1v) is 9.52. The van der Waals surface area contributed by atoms with Gasteiger partial charge in [0.2, 0.25) is 0 Å². The molecule has 1 aliphatic heterocycles. The van der Waals surface area contributed by atoms with Gasteiger partial charge in [-0.2, -0.15) is 0 Å². The van der Waals surface area contributed by atoms with E-state index in [2.05, 4.69) is 26.7 Å². The number of aromatic amines is 1. The van der Waals surface area contributed by atoms with Crippen molar-refractivity contribution in [3.63, 3.8) is 0 Å². The number of alkyl halides is 3. The van der Waals surface area contributed by atoms with Gasteiger partial charge in [0.25, 0.3) is 0 Å². The number of fused-ring (bicyclic) bond motifs is 1. The first-order valence-electron chi connectivity index (χ1n) is 9.52. The van der Waals surface area contributed by atoms with Crippen LogP contribution in [0, 0.1) is 0 Å². The van der Waals surface area contributed by atoms with Crippen LogP contribution in [0.3, 0.4) is 0 Å². The minimum atomic E-state index is -4.75. The molecule has 1 atom stereocenters. The van der Waals surface area contributed by atoms with Gasteiger partial charge in [-0.15, -0.1) is 13.2 Å². The van der Waals surface area contributed by atoms with Crippen molar-refractivity contribution in [2.45, 2.75) is 31.4 Å². The smallest absolute Gasteiger partial charge is 0.406 e. The monoisotopic (exact) mass is 405 g/mol. The molecule has 1 unspecified atom stereocenters. The molecule has 0 amide bonds. The van der Waals surface area contributed by atoms with Gasteiger partial charge in [-0.1, -0.05) is 24.3 Å². The summed E-state index contributed by atoms with van der Waals surface area (Å²) in [6, 6.07) is 13.5. The molecule has 1 fully saturated rings. The third kappa shape index (κ3) is 4.89. The summed E-state index contributed by atoms with van der Waals surface area (Å²) in [7, 11) is 2.06. The van der Waals surface area contributed by atoms with E-state index < -0.39 is 12.5 Å². The third-order valence-electron chi connectivity index (χ3n) is 5.04. The summed E-state index contributed by atoms with van der Waals surface area (Å²) in [6.45, 7) is 1.82. The van der Waals surface area contributed by atoms with E-state index >= 15 is 0 Å². The first kappa shape index (κ1) is 19.7. The van der Waals surface area contributed by atoms with Crippen LogP contribution in [0.4, 0.5) is 13.2 Å². The summed E-state index contributed by atoms with van der Waals surface area (Å²) in [5.41, 5.74) is 2.19. The lowest BCUT2D eigenvalue weighted by Crippen LogP contribution is -2.35. The molecule has 1 aliphatic rings. The highest BCUT2D eigenvalue weighted by molar-refractivity contribution is 5.74. The number of rotatable bonds is 5. The highest BCUT2D eigenvalue weighted by Gasteiger charge is 2.32. The van der Waals surface area contributed by atoms with Crippen LogP contribution in [0.2, 0.25) is 0 Å². The summed E-state index contributed by atoms with van der Waals surface area (Å²) >= 11 is 0. The Morgan fingerprint density at radius 3 is 2.59 bits per heavy atom. The van der Waals surface area contributed by atoms with E-state index in [0.29, 0.717) is 11.4 Å². The molecule has 29 heavy (non-hydrogen) atoms. The maximum atomic E-state index is 12.7. The number of H-pyrrole nitrogens is 1. The summed E-state index contributed by atoms with van der Waals surface area (Å²) in [5.74, 6) is 0.289. The van der Waals surface area contributed by atoms with Crippen molar-refractivity contribution < 1.29 is 22.6 Å². The zero-order valence-corrected chi connectivity index (χ0v) is 15.9. The second-order valence-corrected chi connectivity index (χ2v) is 7.28. The van der Waals surface area contributed by atoms with E-state index in [1.165, 1.54) is 18.2 Å². The van der Waals surface area contributed by atoms with Crippen LogP contribution < -0.4 is 4.74 Å². The van der Waals surface area contributed by atoms with Crippen molar-refractivity contribution in [2.75, 3.05) is 20.1 Å².